The highest BCUT2D eigenvalue weighted by Crippen LogP contribution is 2.37. The Morgan fingerprint density at radius 1 is 1.16 bits per heavy atom. The Hall–Kier alpha value is -1.73. The van der Waals surface area contributed by atoms with Gasteiger partial charge in [0.2, 0.25) is 0 Å². The number of rotatable bonds is 8. The zero-order valence-electron chi connectivity index (χ0n) is 17.6. The highest BCUT2D eigenvalue weighted by Gasteiger charge is 2.28. The van der Waals surface area contributed by atoms with Gasteiger partial charge < -0.3 is 5.11 Å². The number of hydrogen-bond acceptors (Lipinski definition) is 5. The van der Waals surface area contributed by atoms with Crippen LogP contribution in [0.3, 0.4) is 0 Å². The molecule has 1 fully saturated rings. The molecule has 31 heavy (non-hydrogen) atoms. The number of halogens is 1. The molecule has 4 rings (SSSR count). The van der Waals surface area contributed by atoms with Crippen molar-refractivity contribution in [2.75, 3.05) is 12.4 Å². The molecule has 0 saturated heterocycles. The van der Waals surface area contributed by atoms with Gasteiger partial charge in [-0.3, -0.25) is 4.98 Å². The minimum absolute atomic E-state index is 0.0253. The average molecular weight is 476 g/mol. The highest BCUT2D eigenvalue weighted by atomic mass is 35.5. The molecule has 7 heteroatoms. The molecule has 1 aliphatic carbocycles. The Bertz CT molecular complexity index is 1200. The second-order valence-electron chi connectivity index (χ2n) is 8.98. The van der Waals surface area contributed by atoms with Gasteiger partial charge in [0.25, 0.3) is 0 Å². The van der Waals surface area contributed by atoms with Crippen LogP contribution in [-0.2, 0) is 21.0 Å². The van der Waals surface area contributed by atoms with Crippen molar-refractivity contribution in [1.82, 2.24) is 4.98 Å². The van der Waals surface area contributed by atoms with E-state index in [-0.39, 0.29) is 18.1 Å². The van der Waals surface area contributed by atoms with Gasteiger partial charge in [0.1, 0.15) is 0 Å². The van der Waals surface area contributed by atoms with E-state index >= 15 is 0 Å². The van der Waals surface area contributed by atoms with Crippen LogP contribution in [-0.4, -0.2) is 30.9 Å². The average Bonchev–Trinajstić information content (AvgIpc) is 3.38. The molecule has 0 unspecified atom stereocenters. The van der Waals surface area contributed by atoms with E-state index in [0.717, 1.165) is 45.7 Å². The summed E-state index contributed by atoms with van der Waals surface area (Å²) in [5, 5.41) is 12.3. The fourth-order valence-corrected chi connectivity index (χ4v) is 6.58. The van der Waals surface area contributed by atoms with E-state index in [2.05, 4.69) is 16.4 Å². The van der Waals surface area contributed by atoms with Gasteiger partial charge in [-0.2, -0.15) is 0 Å². The van der Waals surface area contributed by atoms with Crippen molar-refractivity contribution in [3.05, 3.63) is 64.3 Å². The lowest BCUT2D eigenvalue weighted by molar-refractivity contribution is 0.215. The number of aliphatic hydroxyl groups excluding tert-OH is 1. The first-order chi connectivity index (χ1) is 14.7. The summed E-state index contributed by atoms with van der Waals surface area (Å²) in [5.74, 6) is 0.667. The predicted octanol–water partition coefficient (Wildman–Crippen LogP) is 5.73. The first-order valence-electron chi connectivity index (χ1n) is 10.3. The monoisotopic (exact) mass is 475 g/mol. The fraction of sp³-hybridized carbons (Fsp3) is 0.375. The zero-order valence-corrected chi connectivity index (χ0v) is 20.0. The van der Waals surface area contributed by atoms with Crippen LogP contribution in [0.5, 0.6) is 0 Å². The van der Waals surface area contributed by atoms with Crippen molar-refractivity contribution < 1.29 is 13.5 Å². The molecule has 1 aliphatic rings. The van der Waals surface area contributed by atoms with E-state index < -0.39 is 15.3 Å². The molecule has 3 aromatic rings. The van der Waals surface area contributed by atoms with Crippen molar-refractivity contribution in [2.45, 2.75) is 37.9 Å². The Morgan fingerprint density at radius 2 is 1.94 bits per heavy atom. The molecular weight excluding hydrogens is 450 g/mol. The van der Waals surface area contributed by atoms with Crippen molar-refractivity contribution in [1.29, 1.82) is 0 Å². The number of hydrogen-bond donors (Lipinski definition) is 1. The quantitative estimate of drug-likeness (QED) is 0.452. The summed E-state index contributed by atoms with van der Waals surface area (Å²) in [6.07, 6.45) is 3.82. The molecule has 0 bridgehead atoms. The van der Waals surface area contributed by atoms with Crippen LogP contribution in [0.2, 0.25) is 5.02 Å². The molecule has 0 aliphatic heterocycles. The maximum Gasteiger partial charge on any atom is 0.154 e. The molecule has 0 spiro atoms. The molecule has 164 valence electrons. The zero-order chi connectivity index (χ0) is 22.2. The van der Waals surface area contributed by atoms with E-state index in [1.807, 2.05) is 38.1 Å². The summed E-state index contributed by atoms with van der Waals surface area (Å²) in [4.78, 5) is 5.50. The molecule has 0 atom stereocenters. The van der Waals surface area contributed by atoms with Crippen molar-refractivity contribution >= 4 is 32.8 Å². The summed E-state index contributed by atoms with van der Waals surface area (Å²) in [5.41, 5.74) is 4.10. The van der Waals surface area contributed by atoms with Gasteiger partial charge in [0.15, 0.2) is 9.84 Å². The standard InChI is InChI=1S/C24H26ClNO3S2/c1-24(2,15-27)23-11-18(7-8-26-23)22-10-19(12-30-22)20-6-5-17(9-21(20)25)14-31(28,29)13-16-3-4-16/h5-12,16,27H,3-4,13-15H2,1-2H3. The summed E-state index contributed by atoms with van der Waals surface area (Å²) >= 11 is 8.16. The molecule has 1 aromatic carbocycles. The first-order valence-corrected chi connectivity index (χ1v) is 13.4. The number of aliphatic hydroxyl groups is 1. The molecule has 1 N–H and O–H groups in total. The maximum atomic E-state index is 12.3. The van der Waals surface area contributed by atoms with E-state index in [1.54, 1.807) is 23.6 Å². The Labute approximate surface area is 192 Å². The molecule has 0 amide bonds. The normalized spacial score (nSPS) is 14.7. The van der Waals surface area contributed by atoms with Crippen molar-refractivity contribution in [3.8, 4) is 21.6 Å². The summed E-state index contributed by atoms with van der Waals surface area (Å²) < 4.78 is 24.7. The van der Waals surface area contributed by atoms with Crippen LogP contribution in [0, 0.1) is 5.92 Å². The molecule has 1 saturated carbocycles. The number of benzene rings is 1. The number of sulfone groups is 1. The van der Waals surface area contributed by atoms with Gasteiger partial charge in [0, 0.05) is 32.8 Å². The van der Waals surface area contributed by atoms with Gasteiger partial charge in [-0.1, -0.05) is 37.6 Å². The van der Waals surface area contributed by atoms with Crippen LogP contribution in [0.4, 0.5) is 0 Å². The second kappa shape index (κ2) is 8.66. The van der Waals surface area contributed by atoms with Crippen molar-refractivity contribution in [3.63, 3.8) is 0 Å². The van der Waals surface area contributed by atoms with Crippen LogP contribution in [0.1, 0.15) is 37.9 Å². The lowest BCUT2D eigenvalue weighted by atomic mass is 9.89. The van der Waals surface area contributed by atoms with Gasteiger partial charge in [-0.25, -0.2) is 8.42 Å². The van der Waals surface area contributed by atoms with Gasteiger partial charge >= 0.3 is 0 Å². The SMILES string of the molecule is CC(C)(CO)c1cc(-c2cc(-c3ccc(CS(=O)(=O)CC4CC4)cc3Cl)cs2)ccn1. The van der Waals surface area contributed by atoms with E-state index in [1.165, 1.54) is 0 Å². The largest absolute Gasteiger partial charge is 0.395 e. The maximum absolute atomic E-state index is 12.3. The third-order valence-electron chi connectivity index (χ3n) is 5.65. The van der Waals surface area contributed by atoms with Gasteiger partial charge in [0.05, 0.1) is 18.1 Å². The highest BCUT2D eigenvalue weighted by molar-refractivity contribution is 7.90. The van der Waals surface area contributed by atoms with E-state index in [4.69, 9.17) is 11.6 Å². The number of pyridine rings is 1. The van der Waals surface area contributed by atoms with Crippen LogP contribution in [0.25, 0.3) is 21.6 Å². The van der Waals surface area contributed by atoms with Gasteiger partial charge in [-0.15, -0.1) is 11.3 Å². The molecular formula is C24H26ClNO3S2. The molecule has 2 aromatic heterocycles. The minimum atomic E-state index is -3.10. The summed E-state index contributed by atoms with van der Waals surface area (Å²) in [6, 6.07) is 11.6. The third kappa shape index (κ3) is 5.37. The van der Waals surface area contributed by atoms with Gasteiger partial charge in [-0.05, 0) is 65.1 Å². The van der Waals surface area contributed by atoms with Crippen LogP contribution < -0.4 is 0 Å². The first kappa shape index (κ1) is 22.5. The topological polar surface area (TPSA) is 67.3 Å². The Balaban J connectivity index is 1.56. The second-order valence-corrected chi connectivity index (χ2v) is 12.4. The van der Waals surface area contributed by atoms with E-state index in [9.17, 15) is 13.5 Å². The Kier molecular flexibility index (Phi) is 6.28. The molecule has 4 nitrogen and oxygen atoms in total. The predicted molar refractivity (Wildman–Crippen MR) is 128 cm³/mol. The lowest BCUT2D eigenvalue weighted by Crippen LogP contribution is -2.23. The lowest BCUT2D eigenvalue weighted by Gasteiger charge is -2.21. The molecule has 0 radical (unpaired) electrons. The Morgan fingerprint density at radius 3 is 2.61 bits per heavy atom. The van der Waals surface area contributed by atoms with Crippen LogP contribution in [0.15, 0.2) is 48.0 Å². The summed E-state index contributed by atoms with van der Waals surface area (Å²) in [6.45, 7) is 3.95. The minimum Gasteiger partial charge on any atom is -0.395 e. The summed E-state index contributed by atoms with van der Waals surface area (Å²) in [7, 11) is -3.10. The fourth-order valence-electron chi connectivity index (χ4n) is 3.50. The number of thiophene rings is 1. The molecule has 2 heterocycles. The number of nitrogens with zero attached hydrogens (tertiary/aromatic N) is 1. The smallest absolute Gasteiger partial charge is 0.154 e. The number of aromatic nitrogens is 1. The van der Waals surface area contributed by atoms with E-state index in [0.29, 0.717) is 10.9 Å². The van der Waals surface area contributed by atoms with Crippen LogP contribution >= 0.6 is 22.9 Å². The van der Waals surface area contributed by atoms with Crippen molar-refractivity contribution in [2.24, 2.45) is 5.92 Å². The third-order valence-corrected chi connectivity index (χ3v) is 8.69.